The Hall–Kier alpha value is -3.64. The van der Waals surface area contributed by atoms with E-state index in [-0.39, 0.29) is 28.1 Å². The average molecular weight is 422 g/mol. The van der Waals surface area contributed by atoms with Gasteiger partial charge in [0, 0.05) is 12.5 Å². The SMILES string of the molecule is COc1cc(C=C2N=C(c3ccc4ccccc4c3)OC2=O)cc(Cl)c1OC(C)=O. The van der Waals surface area contributed by atoms with Gasteiger partial charge in [-0.25, -0.2) is 9.79 Å². The Morgan fingerprint density at radius 2 is 1.87 bits per heavy atom. The van der Waals surface area contributed by atoms with Gasteiger partial charge >= 0.3 is 11.9 Å². The third kappa shape index (κ3) is 3.90. The van der Waals surface area contributed by atoms with Gasteiger partial charge < -0.3 is 14.2 Å². The number of halogens is 1. The molecule has 0 bridgehead atoms. The molecule has 150 valence electrons. The van der Waals surface area contributed by atoms with Crippen molar-refractivity contribution in [2.24, 2.45) is 4.99 Å². The number of carbonyl (C=O) groups excluding carboxylic acids is 2. The van der Waals surface area contributed by atoms with Gasteiger partial charge in [-0.05, 0) is 46.7 Å². The molecule has 3 aromatic rings. The van der Waals surface area contributed by atoms with Gasteiger partial charge in [-0.1, -0.05) is 41.9 Å². The van der Waals surface area contributed by atoms with Crippen LogP contribution in [-0.4, -0.2) is 24.9 Å². The molecule has 0 fully saturated rings. The smallest absolute Gasteiger partial charge is 0.363 e. The first-order valence-electron chi connectivity index (χ1n) is 9.02. The Bertz CT molecular complexity index is 1250. The summed E-state index contributed by atoms with van der Waals surface area (Å²) in [5.74, 6) is -0.493. The zero-order chi connectivity index (χ0) is 21.3. The molecule has 0 atom stereocenters. The largest absolute Gasteiger partial charge is 0.493 e. The van der Waals surface area contributed by atoms with Crippen molar-refractivity contribution in [2.45, 2.75) is 6.92 Å². The first kappa shape index (κ1) is 19.7. The molecule has 0 amide bonds. The highest BCUT2D eigenvalue weighted by Gasteiger charge is 2.25. The molecule has 0 saturated heterocycles. The van der Waals surface area contributed by atoms with Gasteiger partial charge in [0.15, 0.2) is 17.2 Å². The Labute approximate surface area is 177 Å². The highest BCUT2D eigenvalue weighted by Crippen LogP contribution is 2.37. The average Bonchev–Trinajstić information content (AvgIpc) is 3.09. The number of benzene rings is 3. The molecule has 30 heavy (non-hydrogen) atoms. The molecule has 1 heterocycles. The number of hydrogen-bond donors (Lipinski definition) is 0. The van der Waals surface area contributed by atoms with Crippen molar-refractivity contribution in [1.29, 1.82) is 0 Å². The van der Waals surface area contributed by atoms with Crippen LogP contribution in [0.1, 0.15) is 18.1 Å². The third-order valence-corrected chi connectivity index (χ3v) is 4.70. The minimum atomic E-state index is -0.572. The molecule has 0 N–H and O–H groups in total. The molecule has 0 spiro atoms. The first-order chi connectivity index (χ1) is 14.4. The van der Waals surface area contributed by atoms with Crippen LogP contribution in [0.15, 0.2) is 65.3 Å². The molecular weight excluding hydrogens is 406 g/mol. The number of methoxy groups -OCH3 is 1. The van der Waals surface area contributed by atoms with Crippen molar-refractivity contribution in [2.75, 3.05) is 7.11 Å². The van der Waals surface area contributed by atoms with Crippen molar-refractivity contribution >= 4 is 46.3 Å². The highest BCUT2D eigenvalue weighted by molar-refractivity contribution is 6.32. The number of carbonyl (C=O) groups is 2. The molecule has 0 aliphatic carbocycles. The van der Waals surface area contributed by atoms with Gasteiger partial charge in [-0.3, -0.25) is 4.79 Å². The van der Waals surface area contributed by atoms with Crippen LogP contribution < -0.4 is 9.47 Å². The molecule has 0 unspecified atom stereocenters. The molecule has 0 aromatic heterocycles. The number of fused-ring (bicyclic) bond motifs is 1. The van der Waals surface area contributed by atoms with Gasteiger partial charge in [-0.15, -0.1) is 0 Å². The second kappa shape index (κ2) is 8.00. The number of aliphatic imine (C=N–C) groups is 1. The predicted octanol–water partition coefficient (Wildman–Crippen LogP) is 4.77. The number of rotatable bonds is 4. The van der Waals surface area contributed by atoms with E-state index in [4.69, 9.17) is 25.8 Å². The fourth-order valence-electron chi connectivity index (χ4n) is 3.08. The summed E-state index contributed by atoms with van der Waals surface area (Å²) in [6.07, 6.45) is 1.53. The van der Waals surface area contributed by atoms with Gasteiger partial charge in [0.25, 0.3) is 0 Å². The van der Waals surface area contributed by atoms with E-state index in [2.05, 4.69) is 4.99 Å². The Balaban J connectivity index is 1.69. The number of cyclic esters (lactones) is 1. The van der Waals surface area contributed by atoms with E-state index in [9.17, 15) is 9.59 Å². The van der Waals surface area contributed by atoms with Crippen molar-refractivity contribution < 1.29 is 23.8 Å². The normalized spacial score (nSPS) is 14.6. The van der Waals surface area contributed by atoms with Crippen LogP contribution in [0.2, 0.25) is 5.02 Å². The first-order valence-corrected chi connectivity index (χ1v) is 9.40. The predicted molar refractivity (Wildman–Crippen MR) is 114 cm³/mol. The highest BCUT2D eigenvalue weighted by atomic mass is 35.5. The zero-order valence-electron chi connectivity index (χ0n) is 16.1. The summed E-state index contributed by atoms with van der Waals surface area (Å²) in [6, 6.07) is 16.7. The van der Waals surface area contributed by atoms with Crippen LogP contribution in [0, 0.1) is 0 Å². The number of esters is 2. The number of ether oxygens (including phenoxy) is 3. The van der Waals surface area contributed by atoms with E-state index in [1.807, 2.05) is 42.5 Å². The molecule has 1 aliphatic heterocycles. The maximum absolute atomic E-state index is 12.3. The lowest BCUT2D eigenvalue weighted by Gasteiger charge is -2.10. The quantitative estimate of drug-likeness (QED) is 0.344. The summed E-state index contributed by atoms with van der Waals surface area (Å²) in [5, 5.41) is 2.27. The maximum atomic E-state index is 12.3. The van der Waals surface area contributed by atoms with E-state index in [0.717, 1.165) is 10.8 Å². The van der Waals surface area contributed by atoms with Crippen LogP contribution in [0.5, 0.6) is 11.5 Å². The third-order valence-electron chi connectivity index (χ3n) is 4.42. The molecule has 0 saturated carbocycles. The molecule has 1 aliphatic rings. The fourth-order valence-corrected chi connectivity index (χ4v) is 3.34. The lowest BCUT2D eigenvalue weighted by molar-refractivity contribution is -0.132. The molecule has 0 radical (unpaired) electrons. The zero-order valence-corrected chi connectivity index (χ0v) is 16.9. The summed E-state index contributed by atoms with van der Waals surface area (Å²) in [4.78, 5) is 27.9. The number of hydrogen-bond acceptors (Lipinski definition) is 6. The monoisotopic (exact) mass is 421 g/mol. The van der Waals surface area contributed by atoms with Crippen molar-refractivity contribution in [1.82, 2.24) is 0 Å². The second-order valence-corrected chi connectivity index (χ2v) is 6.93. The Kier molecular flexibility index (Phi) is 5.25. The van der Waals surface area contributed by atoms with Crippen molar-refractivity contribution in [3.05, 3.63) is 76.4 Å². The van der Waals surface area contributed by atoms with Gasteiger partial charge in [0.2, 0.25) is 5.90 Å². The van der Waals surface area contributed by atoms with Crippen molar-refractivity contribution in [3.8, 4) is 11.5 Å². The van der Waals surface area contributed by atoms with E-state index >= 15 is 0 Å². The van der Waals surface area contributed by atoms with Gasteiger partial charge in [0.1, 0.15) is 0 Å². The van der Waals surface area contributed by atoms with Crippen LogP contribution in [0.3, 0.4) is 0 Å². The lowest BCUT2D eigenvalue weighted by atomic mass is 10.1. The summed E-state index contributed by atoms with van der Waals surface area (Å²) in [5.41, 5.74) is 1.37. The fraction of sp³-hybridized carbons (Fsp3) is 0.0870. The Morgan fingerprint density at radius 1 is 1.10 bits per heavy atom. The van der Waals surface area contributed by atoms with Crippen LogP contribution >= 0.6 is 11.6 Å². The van der Waals surface area contributed by atoms with Crippen LogP contribution in [-0.2, 0) is 14.3 Å². The molecule has 6 nitrogen and oxygen atoms in total. The minimum Gasteiger partial charge on any atom is -0.493 e. The molecule has 3 aromatic carbocycles. The van der Waals surface area contributed by atoms with E-state index < -0.39 is 11.9 Å². The molecule has 7 heteroatoms. The van der Waals surface area contributed by atoms with Gasteiger partial charge in [0.05, 0.1) is 12.1 Å². The molecule has 4 rings (SSSR count). The van der Waals surface area contributed by atoms with E-state index in [1.54, 1.807) is 12.1 Å². The molecular formula is C23H16ClNO5. The second-order valence-electron chi connectivity index (χ2n) is 6.53. The van der Waals surface area contributed by atoms with Crippen LogP contribution in [0.25, 0.3) is 16.8 Å². The summed E-state index contributed by atoms with van der Waals surface area (Å²) < 4.78 is 15.7. The van der Waals surface area contributed by atoms with Gasteiger partial charge in [-0.2, -0.15) is 0 Å². The Morgan fingerprint density at radius 3 is 2.60 bits per heavy atom. The van der Waals surface area contributed by atoms with Crippen molar-refractivity contribution in [3.63, 3.8) is 0 Å². The topological polar surface area (TPSA) is 74.2 Å². The number of nitrogens with zero attached hydrogens (tertiary/aromatic N) is 1. The lowest BCUT2D eigenvalue weighted by Crippen LogP contribution is -2.05. The maximum Gasteiger partial charge on any atom is 0.363 e. The van der Waals surface area contributed by atoms with E-state index in [0.29, 0.717) is 11.1 Å². The van der Waals surface area contributed by atoms with E-state index in [1.165, 1.54) is 20.1 Å². The van der Waals surface area contributed by atoms with Crippen LogP contribution in [0.4, 0.5) is 0 Å². The standard InChI is InChI=1S/C23H16ClNO5/c1-13(26)29-21-18(24)9-14(11-20(21)28-2)10-19-23(27)30-22(25-19)17-8-7-15-5-3-4-6-16(15)12-17/h3-12H,1-2H3. The summed E-state index contributed by atoms with van der Waals surface area (Å²) in [7, 11) is 1.43. The summed E-state index contributed by atoms with van der Waals surface area (Å²) in [6.45, 7) is 1.27. The minimum absolute atomic E-state index is 0.114. The summed E-state index contributed by atoms with van der Waals surface area (Å²) >= 11 is 6.22.